The molecule has 0 saturated carbocycles. The summed E-state index contributed by atoms with van der Waals surface area (Å²) in [4.78, 5) is 10.2. The Morgan fingerprint density at radius 3 is 2.59 bits per heavy atom. The molecule has 0 saturated heterocycles. The van der Waals surface area contributed by atoms with Crippen LogP contribution in [0.1, 0.15) is 11.1 Å². The predicted molar refractivity (Wildman–Crippen MR) is 82.5 cm³/mol. The van der Waals surface area contributed by atoms with Crippen molar-refractivity contribution in [2.75, 3.05) is 11.9 Å². The van der Waals surface area contributed by atoms with Crippen molar-refractivity contribution >= 4 is 11.4 Å². The number of aliphatic hydroxyl groups excluding tert-OH is 1. The maximum atomic E-state index is 10.7. The number of nitrogens with one attached hydrogen (secondary N) is 1. The Hall–Kier alpha value is -2.91. The Kier molecular flexibility index (Phi) is 5.07. The van der Waals surface area contributed by atoms with Crippen LogP contribution < -0.4 is 5.32 Å². The first-order valence-corrected chi connectivity index (χ1v) is 6.74. The van der Waals surface area contributed by atoms with Gasteiger partial charge in [-0.05, 0) is 18.1 Å². The minimum Gasteiger partial charge on any atom is -0.394 e. The highest BCUT2D eigenvalue weighted by Crippen LogP contribution is 2.22. The zero-order valence-corrected chi connectivity index (χ0v) is 11.8. The van der Waals surface area contributed by atoms with Gasteiger partial charge in [0.2, 0.25) is 0 Å². The molecule has 1 atom stereocenters. The van der Waals surface area contributed by atoms with E-state index < -0.39 is 4.92 Å². The van der Waals surface area contributed by atoms with Crippen molar-refractivity contribution < 1.29 is 10.0 Å². The average molecular weight is 297 g/mol. The first kappa shape index (κ1) is 15.5. The Balaban J connectivity index is 2.17. The molecule has 2 aromatic rings. The molecule has 2 rings (SSSR count). The number of nitrogens with zero attached hydrogens (tertiary/aromatic N) is 2. The smallest absolute Gasteiger partial charge is 0.270 e. The number of anilines is 1. The second-order valence-electron chi connectivity index (χ2n) is 4.81. The van der Waals surface area contributed by atoms with Crippen LogP contribution in [0.4, 0.5) is 11.4 Å². The SMILES string of the molecule is N#Cc1cc([N+](=O)[O-])ccc1N[C@@H](CO)Cc1ccccc1. The Labute approximate surface area is 127 Å². The molecule has 0 aliphatic heterocycles. The highest BCUT2D eigenvalue weighted by molar-refractivity contribution is 5.61. The molecule has 0 aliphatic carbocycles. The monoisotopic (exact) mass is 297 g/mol. The summed E-state index contributed by atoms with van der Waals surface area (Å²) in [7, 11) is 0. The molecule has 6 heteroatoms. The zero-order valence-electron chi connectivity index (χ0n) is 11.8. The van der Waals surface area contributed by atoms with Crippen LogP contribution in [-0.2, 0) is 6.42 Å². The maximum Gasteiger partial charge on any atom is 0.270 e. The lowest BCUT2D eigenvalue weighted by Gasteiger charge is -2.18. The summed E-state index contributed by atoms with van der Waals surface area (Å²) < 4.78 is 0. The van der Waals surface area contributed by atoms with Crippen LogP contribution >= 0.6 is 0 Å². The molecule has 22 heavy (non-hydrogen) atoms. The topological polar surface area (TPSA) is 99.2 Å². The molecule has 2 aromatic carbocycles. The molecule has 0 bridgehead atoms. The summed E-state index contributed by atoms with van der Waals surface area (Å²) in [5.41, 5.74) is 1.57. The van der Waals surface area contributed by atoms with Crippen molar-refractivity contribution in [3.63, 3.8) is 0 Å². The van der Waals surface area contributed by atoms with E-state index in [1.807, 2.05) is 36.4 Å². The number of hydrogen-bond donors (Lipinski definition) is 2. The van der Waals surface area contributed by atoms with Gasteiger partial charge in [0.1, 0.15) is 6.07 Å². The lowest BCUT2D eigenvalue weighted by Crippen LogP contribution is -2.26. The van der Waals surface area contributed by atoms with Gasteiger partial charge < -0.3 is 10.4 Å². The fraction of sp³-hybridized carbons (Fsp3) is 0.188. The van der Waals surface area contributed by atoms with E-state index in [0.29, 0.717) is 12.1 Å². The van der Waals surface area contributed by atoms with Gasteiger partial charge in [-0.25, -0.2) is 0 Å². The van der Waals surface area contributed by atoms with E-state index in [1.54, 1.807) is 0 Å². The number of nitriles is 1. The number of aliphatic hydroxyl groups is 1. The molecular weight excluding hydrogens is 282 g/mol. The van der Waals surface area contributed by atoms with Crippen molar-refractivity contribution in [2.24, 2.45) is 0 Å². The summed E-state index contributed by atoms with van der Waals surface area (Å²) in [6, 6.07) is 15.3. The lowest BCUT2D eigenvalue weighted by molar-refractivity contribution is -0.384. The normalized spacial score (nSPS) is 11.5. The van der Waals surface area contributed by atoms with Crippen LogP contribution in [0, 0.1) is 21.4 Å². The molecule has 0 radical (unpaired) electrons. The number of nitro groups is 1. The molecule has 0 aliphatic rings. The van der Waals surface area contributed by atoms with Crippen LogP contribution in [-0.4, -0.2) is 22.7 Å². The summed E-state index contributed by atoms with van der Waals surface area (Å²) in [5, 5.41) is 32.4. The molecule has 0 fully saturated rings. The summed E-state index contributed by atoms with van der Waals surface area (Å²) in [6.45, 7) is -0.114. The van der Waals surface area contributed by atoms with Gasteiger partial charge in [0, 0.05) is 12.1 Å². The average Bonchev–Trinajstić information content (AvgIpc) is 2.55. The van der Waals surface area contributed by atoms with Crippen molar-refractivity contribution in [1.29, 1.82) is 5.26 Å². The van der Waals surface area contributed by atoms with Crippen molar-refractivity contribution in [3.05, 3.63) is 69.8 Å². The fourth-order valence-electron chi connectivity index (χ4n) is 2.14. The van der Waals surface area contributed by atoms with Crippen LogP contribution in [0.5, 0.6) is 0 Å². The van der Waals surface area contributed by atoms with E-state index >= 15 is 0 Å². The van der Waals surface area contributed by atoms with Crippen molar-refractivity contribution in [1.82, 2.24) is 0 Å². The largest absolute Gasteiger partial charge is 0.394 e. The quantitative estimate of drug-likeness (QED) is 0.630. The van der Waals surface area contributed by atoms with Gasteiger partial charge in [-0.1, -0.05) is 30.3 Å². The van der Waals surface area contributed by atoms with Crippen molar-refractivity contribution in [2.45, 2.75) is 12.5 Å². The second kappa shape index (κ2) is 7.20. The maximum absolute atomic E-state index is 10.7. The molecular formula is C16H15N3O3. The van der Waals surface area contributed by atoms with E-state index in [0.717, 1.165) is 5.56 Å². The molecule has 0 spiro atoms. The van der Waals surface area contributed by atoms with E-state index in [4.69, 9.17) is 5.26 Å². The Bertz CT molecular complexity index is 696. The minimum atomic E-state index is -0.544. The van der Waals surface area contributed by atoms with Gasteiger partial charge in [0.05, 0.1) is 28.8 Å². The molecule has 2 N–H and O–H groups in total. The Morgan fingerprint density at radius 2 is 2.00 bits per heavy atom. The third-order valence-electron chi connectivity index (χ3n) is 3.24. The molecule has 0 aromatic heterocycles. The van der Waals surface area contributed by atoms with Crippen LogP contribution in [0.25, 0.3) is 0 Å². The number of non-ortho nitro benzene ring substituents is 1. The first-order valence-electron chi connectivity index (χ1n) is 6.74. The van der Waals surface area contributed by atoms with Crippen LogP contribution in [0.2, 0.25) is 0 Å². The summed E-state index contributed by atoms with van der Waals surface area (Å²) in [5.74, 6) is 0. The van der Waals surface area contributed by atoms with E-state index in [-0.39, 0.29) is 23.9 Å². The number of rotatable bonds is 6. The highest BCUT2D eigenvalue weighted by atomic mass is 16.6. The van der Waals surface area contributed by atoms with Gasteiger partial charge in [-0.15, -0.1) is 0 Å². The second-order valence-corrected chi connectivity index (χ2v) is 4.81. The summed E-state index contributed by atoms with van der Waals surface area (Å²) >= 11 is 0. The van der Waals surface area contributed by atoms with E-state index in [1.165, 1.54) is 18.2 Å². The highest BCUT2D eigenvalue weighted by Gasteiger charge is 2.14. The molecule has 6 nitrogen and oxygen atoms in total. The Morgan fingerprint density at radius 1 is 1.27 bits per heavy atom. The third-order valence-corrected chi connectivity index (χ3v) is 3.24. The molecule has 0 amide bonds. The van der Waals surface area contributed by atoms with E-state index in [9.17, 15) is 15.2 Å². The van der Waals surface area contributed by atoms with Crippen LogP contribution in [0.15, 0.2) is 48.5 Å². The van der Waals surface area contributed by atoms with Gasteiger partial charge in [-0.2, -0.15) is 5.26 Å². The molecule has 112 valence electrons. The zero-order chi connectivity index (χ0) is 15.9. The molecule has 0 heterocycles. The van der Waals surface area contributed by atoms with Gasteiger partial charge >= 0.3 is 0 Å². The van der Waals surface area contributed by atoms with Crippen LogP contribution in [0.3, 0.4) is 0 Å². The lowest BCUT2D eigenvalue weighted by atomic mass is 10.1. The first-order chi connectivity index (χ1) is 10.6. The van der Waals surface area contributed by atoms with E-state index in [2.05, 4.69) is 5.32 Å². The fourth-order valence-corrected chi connectivity index (χ4v) is 2.14. The van der Waals surface area contributed by atoms with Crippen molar-refractivity contribution in [3.8, 4) is 6.07 Å². The number of nitro benzene ring substituents is 1. The van der Waals surface area contributed by atoms with Gasteiger partial charge in [0.25, 0.3) is 5.69 Å². The number of benzene rings is 2. The number of hydrogen-bond acceptors (Lipinski definition) is 5. The summed E-state index contributed by atoms with van der Waals surface area (Å²) in [6.07, 6.45) is 0.583. The third kappa shape index (κ3) is 3.81. The predicted octanol–water partition coefficient (Wildman–Crippen LogP) is 2.48. The van der Waals surface area contributed by atoms with Gasteiger partial charge in [-0.3, -0.25) is 10.1 Å². The molecule has 0 unspecified atom stereocenters. The minimum absolute atomic E-state index is 0.114. The standard InChI is InChI=1S/C16H15N3O3/c17-10-13-9-15(19(21)22)6-7-16(13)18-14(11-20)8-12-4-2-1-3-5-12/h1-7,9,14,18,20H,8,11H2/t14-/m1/s1. The van der Waals surface area contributed by atoms with Gasteiger partial charge in [0.15, 0.2) is 0 Å².